The van der Waals surface area contributed by atoms with Crippen molar-refractivity contribution in [1.29, 1.82) is 0 Å². The molecule has 2 aliphatic rings. The molecule has 2 aromatic rings. The van der Waals surface area contributed by atoms with Crippen molar-refractivity contribution < 1.29 is 4.79 Å². The van der Waals surface area contributed by atoms with Crippen molar-refractivity contribution >= 4 is 29.3 Å². The largest absolute Gasteiger partial charge is 0.342 e. The topological polar surface area (TPSA) is 77.0 Å². The van der Waals surface area contributed by atoms with E-state index in [9.17, 15) is 4.79 Å². The number of aromatic nitrogens is 3. The average molecular weight is 406 g/mol. The standard InChI is InChI=1S/C19H24ClN5OS/c20-16-7-5-14(6-8-16)18-22-23-19(25(18)21)27-12-17(26)24-10-9-13-3-1-2-4-15(13)11-24/h5-8,13,15H,1-4,9-12,21H2/t13-,15+/m0/s1. The summed E-state index contributed by atoms with van der Waals surface area (Å²) in [4.78, 5) is 14.7. The Morgan fingerprint density at radius 1 is 1.15 bits per heavy atom. The summed E-state index contributed by atoms with van der Waals surface area (Å²) < 4.78 is 1.44. The highest BCUT2D eigenvalue weighted by molar-refractivity contribution is 7.99. The van der Waals surface area contributed by atoms with Crippen LogP contribution in [0.3, 0.4) is 0 Å². The zero-order valence-electron chi connectivity index (χ0n) is 15.2. The number of halogens is 1. The number of carbonyl (C=O) groups excluding carboxylic acids is 1. The highest BCUT2D eigenvalue weighted by Gasteiger charge is 2.32. The third-order valence-electron chi connectivity index (χ3n) is 5.74. The van der Waals surface area contributed by atoms with Gasteiger partial charge in [-0.3, -0.25) is 4.79 Å². The molecule has 2 fully saturated rings. The molecule has 2 N–H and O–H groups in total. The number of hydrogen-bond acceptors (Lipinski definition) is 5. The lowest BCUT2D eigenvalue weighted by Crippen LogP contribution is -2.45. The number of benzene rings is 1. The van der Waals surface area contributed by atoms with Crippen LogP contribution >= 0.6 is 23.4 Å². The summed E-state index contributed by atoms with van der Waals surface area (Å²) in [6.45, 7) is 1.79. The maximum Gasteiger partial charge on any atom is 0.233 e. The fourth-order valence-electron chi connectivity index (χ4n) is 4.22. The number of carbonyl (C=O) groups is 1. The summed E-state index contributed by atoms with van der Waals surface area (Å²) in [5.74, 6) is 8.72. The predicted octanol–water partition coefficient (Wildman–Crippen LogP) is 3.44. The number of likely N-dealkylation sites (tertiary alicyclic amines) is 1. The lowest BCUT2D eigenvalue weighted by Gasteiger charge is -2.41. The molecule has 144 valence electrons. The number of rotatable bonds is 4. The van der Waals surface area contributed by atoms with Crippen LogP contribution in [-0.4, -0.2) is 44.5 Å². The third kappa shape index (κ3) is 4.09. The third-order valence-corrected chi connectivity index (χ3v) is 6.92. The first-order chi connectivity index (χ1) is 13.1. The SMILES string of the molecule is Nn1c(SCC(=O)N2CC[C@@H]3CCCC[C@@H]3C2)nnc1-c1ccc(Cl)cc1. The fourth-order valence-corrected chi connectivity index (χ4v) is 5.10. The molecule has 2 atom stereocenters. The van der Waals surface area contributed by atoms with Crippen LogP contribution in [0.5, 0.6) is 0 Å². The van der Waals surface area contributed by atoms with Crippen molar-refractivity contribution in [3.8, 4) is 11.4 Å². The first kappa shape index (κ1) is 18.6. The molecule has 6 nitrogen and oxygen atoms in total. The second-order valence-corrected chi connectivity index (χ2v) is 8.78. The van der Waals surface area contributed by atoms with Gasteiger partial charge < -0.3 is 10.7 Å². The van der Waals surface area contributed by atoms with Crippen LogP contribution in [-0.2, 0) is 4.79 Å². The van der Waals surface area contributed by atoms with Crippen LogP contribution in [0.15, 0.2) is 29.4 Å². The molecule has 0 bridgehead atoms. The Hall–Kier alpha value is -1.73. The molecule has 27 heavy (non-hydrogen) atoms. The van der Waals surface area contributed by atoms with E-state index in [1.54, 1.807) is 12.1 Å². The number of thioether (sulfide) groups is 1. The van der Waals surface area contributed by atoms with Crippen LogP contribution in [0.25, 0.3) is 11.4 Å². The van der Waals surface area contributed by atoms with E-state index in [0.717, 1.165) is 31.0 Å². The quantitative estimate of drug-likeness (QED) is 0.622. The number of piperidine rings is 1. The second-order valence-electron chi connectivity index (χ2n) is 7.40. The van der Waals surface area contributed by atoms with E-state index in [1.807, 2.05) is 17.0 Å². The number of nitrogen functional groups attached to an aromatic ring is 1. The van der Waals surface area contributed by atoms with Gasteiger partial charge in [0.05, 0.1) is 5.75 Å². The number of hydrogen-bond donors (Lipinski definition) is 1. The highest BCUT2D eigenvalue weighted by atomic mass is 35.5. The molecule has 1 saturated heterocycles. The summed E-state index contributed by atoms with van der Waals surface area (Å²) >= 11 is 7.27. The molecule has 2 heterocycles. The monoisotopic (exact) mass is 405 g/mol. The molecule has 0 unspecified atom stereocenters. The van der Waals surface area contributed by atoms with Gasteiger partial charge in [-0.1, -0.05) is 42.6 Å². The van der Waals surface area contributed by atoms with Crippen molar-refractivity contribution in [2.45, 2.75) is 37.3 Å². The zero-order valence-corrected chi connectivity index (χ0v) is 16.8. The molecule has 1 amide bonds. The molecule has 4 rings (SSSR count). The van der Waals surface area contributed by atoms with Gasteiger partial charge in [0.15, 0.2) is 5.82 Å². The van der Waals surface area contributed by atoms with E-state index in [1.165, 1.54) is 42.1 Å². The molecule has 0 spiro atoms. The highest BCUT2D eigenvalue weighted by Crippen LogP contribution is 2.36. The Morgan fingerprint density at radius 3 is 2.67 bits per heavy atom. The summed E-state index contributed by atoms with van der Waals surface area (Å²) in [6.07, 6.45) is 6.41. The van der Waals surface area contributed by atoms with E-state index in [-0.39, 0.29) is 5.91 Å². The van der Waals surface area contributed by atoms with Crippen molar-refractivity contribution in [1.82, 2.24) is 19.8 Å². The molecule has 0 radical (unpaired) electrons. The molecule has 1 aromatic heterocycles. The van der Waals surface area contributed by atoms with Crippen molar-refractivity contribution in [2.24, 2.45) is 11.8 Å². The van der Waals surface area contributed by atoms with Gasteiger partial charge in [-0.15, -0.1) is 10.2 Å². The summed E-state index contributed by atoms with van der Waals surface area (Å²) in [5.41, 5.74) is 0.840. The van der Waals surface area contributed by atoms with Gasteiger partial charge in [0, 0.05) is 23.7 Å². The first-order valence-corrected chi connectivity index (χ1v) is 10.8. The van der Waals surface area contributed by atoms with Crippen LogP contribution in [0, 0.1) is 11.8 Å². The molecule has 1 saturated carbocycles. The summed E-state index contributed by atoms with van der Waals surface area (Å²) in [7, 11) is 0. The molecule has 1 aliphatic heterocycles. The van der Waals surface area contributed by atoms with Crippen molar-refractivity contribution in [3.05, 3.63) is 29.3 Å². The Kier molecular flexibility index (Phi) is 5.59. The van der Waals surface area contributed by atoms with Gasteiger partial charge in [-0.2, -0.15) is 0 Å². The van der Waals surface area contributed by atoms with E-state index in [0.29, 0.717) is 27.7 Å². The number of amides is 1. The number of fused-ring (bicyclic) bond motifs is 1. The normalized spacial score (nSPS) is 22.5. The fraction of sp³-hybridized carbons (Fsp3) is 0.526. The molecule has 8 heteroatoms. The Bertz CT molecular complexity index is 809. The van der Waals surface area contributed by atoms with Crippen molar-refractivity contribution in [3.63, 3.8) is 0 Å². The van der Waals surface area contributed by atoms with E-state index >= 15 is 0 Å². The van der Waals surface area contributed by atoms with Crippen LogP contribution < -0.4 is 5.84 Å². The minimum absolute atomic E-state index is 0.167. The maximum atomic E-state index is 12.7. The van der Waals surface area contributed by atoms with Gasteiger partial charge in [0.2, 0.25) is 11.1 Å². The minimum Gasteiger partial charge on any atom is -0.342 e. The Balaban J connectivity index is 1.36. The second kappa shape index (κ2) is 8.10. The van der Waals surface area contributed by atoms with Gasteiger partial charge in [0.1, 0.15) is 0 Å². The van der Waals surface area contributed by atoms with E-state index in [2.05, 4.69) is 10.2 Å². The smallest absolute Gasteiger partial charge is 0.233 e. The van der Waals surface area contributed by atoms with Gasteiger partial charge in [-0.05, 0) is 48.9 Å². The maximum absolute atomic E-state index is 12.7. The van der Waals surface area contributed by atoms with E-state index in [4.69, 9.17) is 17.4 Å². The number of nitrogens with two attached hydrogens (primary N) is 1. The minimum atomic E-state index is 0.167. The van der Waals surface area contributed by atoms with Crippen LogP contribution in [0.2, 0.25) is 5.02 Å². The molecular formula is C19H24ClN5OS. The van der Waals surface area contributed by atoms with Crippen molar-refractivity contribution in [2.75, 3.05) is 24.7 Å². The molecule has 1 aromatic carbocycles. The van der Waals surface area contributed by atoms with Gasteiger partial charge in [-0.25, -0.2) is 4.68 Å². The van der Waals surface area contributed by atoms with E-state index < -0.39 is 0 Å². The first-order valence-electron chi connectivity index (χ1n) is 9.49. The Labute approximate surface area is 168 Å². The lowest BCUT2D eigenvalue weighted by atomic mass is 9.75. The number of nitrogens with zero attached hydrogens (tertiary/aromatic N) is 4. The molecular weight excluding hydrogens is 382 g/mol. The predicted molar refractivity (Wildman–Crippen MR) is 108 cm³/mol. The van der Waals surface area contributed by atoms with Crippen LogP contribution in [0.1, 0.15) is 32.1 Å². The molecule has 1 aliphatic carbocycles. The zero-order chi connectivity index (χ0) is 18.8. The van der Waals surface area contributed by atoms with Gasteiger partial charge in [0.25, 0.3) is 0 Å². The van der Waals surface area contributed by atoms with Gasteiger partial charge >= 0.3 is 0 Å². The summed E-state index contributed by atoms with van der Waals surface area (Å²) in [5, 5.41) is 9.50. The summed E-state index contributed by atoms with van der Waals surface area (Å²) in [6, 6.07) is 7.28. The Morgan fingerprint density at radius 2 is 1.89 bits per heavy atom. The average Bonchev–Trinajstić information content (AvgIpc) is 3.07. The lowest BCUT2D eigenvalue weighted by molar-refractivity contribution is -0.131. The van der Waals surface area contributed by atoms with Crippen LogP contribution in [0.4, 0.5) is 0 Å².